The molecule has 0 radical (unpaired) electrons. The maximum atomic E-state index is 12.5. The molecule has 0 aromatic carbocycles. The van der Waals surface area contributed by atoms with E-state index >= 15 is 0 Å². The van der Waals surface area contributed by atoms with Gasteiger partial charge in [0, 0.05) is 25.7 Å². The van der Waals surface area contributed by atoms with Crippen LogP contribution in [-0.2, 0) is 9.59 Å². The second-order valence-electron chi connectivity index (χ2n) is 7.27. The van der Waals surface area contributed by atoms with Gasteiger partial charge in [-0.15, -0.1) is 24.0 Å². The number of amides is 2. The SMILES string of the molecule is CN=C(NCC(=O)NC1CC1)N1CC(=O)N(C(C)C)C(C)(C)C1.I. The van der Waals surface area contributed by atoms with Gasteiger partial charge in [-0.25, -0.2) is 0 Å². The van der Waals surface area contributed by atoms with Gasteiger partial charge in [0.15, 0.2) is 5.96 Å². The fourth-order valence-electron chi connectivity index (χ4n) is 3.31. The molecule has 1 aliphatic carbocycles. The zero-order valence-corrected chi connectivity index (χ0v) is 17.6. The van der Waals surface area contributed by atoms with E-state index in [0.29, 0.717) is 18.5 Å². The first-order chi connectivity index (χ1) is 10.7. The van der Waals surface area contributed by atoms with E-state index < -0.39 is 0 Å². The molecule has 0 unspecified atom stereocenters. The fourth-order valence-corrected chi connectivity index (χ4v) is 3.31. The Kier molecular flexibility index (Phi) is 7.30. The molecule has 8 heteroatoms. The van der Waals surface area contributed by atoms with Crippen LogP contribution in [0.25, 0.3) is 0 Å². The first-order valence-electron chi connectivity index (χ1n) is 8.31. The standard InChI is InChI=1S/C16H29N5O2.HI/c1-11(2)21-14(23)9-20(10-16(21,3)4)15(17-5)18-8-13(22)19-12-6-7-12;/h11-12H,6-10H2,1-5H3,(H,17,18)(H,19,22);1H. The van der Waals surface area contributed by atoms with Crippen LogP contribution >= 0.6 is 24.0 Å². The number of carbonyl (C=O) groups is 2. The van der Waals surface area contributed by atoms with Crippen LogP contribution in [0, 0.1) is 0 Å². The summed E-state index contributed by atoms with van der Waals surface area (Å²) in [5, 5.41) is 6.00. The van der Waals surface area contributed by atoms with Gasteiger partial charge in [-0.1, -0.05) is 0 Å². The van der Waals surface area contributed by atoms with Gasteiger partial charge < -0.3 is 20.4 Å². The molecule has 1 aliphatic heterocycles. The molecule has 2 fully saturated rings. The molecule has 1 saturated carbocycles. The maximum Gasteiger partial charge on any atom is 0.242 e. The highest BCUT2D eigenvalue weighted by molar-refractivity contribution is 14.0. The summed E-state index contributed by atoms with van der Waals surface area (Å²) < 4.78 is 0. The molecule has 0 bridgehead atoms. The van der Waals surface area contributed by atoms with Gasteiger partial charge in [-0.3, -0.25) is 14.6 Å². The summed E-state index contributed by atoms with van der Waals surface area (Å²) in [5.41, 5.74) is -0.280. The van der Waals surface area contributed by atoms with Crippen molar-refractivity contribution in [3.8, 4) is 0 Å². The Morgan fingerprint density at radius 1 is 1.38 bits per heavy atom. The fraction of sp³-hybridized carbons (Fsp3) is 0.812. The van der Waals surface area contributed by atoms with Crippen LogP contribution in [0.3, 0.4) is 0 Å². The summed E-state index contributed by atoms with van der Waals surface area (Å²) in [6.07, 6.45) is 2.14. The van der Waals surface area contributed by atoms with Gasteiger partial charge in [-0.2, -0.15) is 0 Å². The van der Waals surface area contributed by atoms with Crippen LogP contribution in [0.15, 0.2) is 4.99 Å². The van der Waals surface area contributed by atoms with Gasteiger partial charge in [0.05, 0.1) is 18.6 Å². The van der Waals surface area contributed by atoms with Crippen LogP contribution in [-0.4, -0.2) is 71.9 Å². The van der Waals surface area contributed by atoms with E-state index in [-0.39, 0.29) is 60.5 Å². The molecule has 0 spiro atoms. The van der Waals surface area contributed by atoms with Crippen molar-refractivity contribution in [3.05, 3.63) is 0 Å². The Balaban J connectivity index is 0.00000288. The zero-order valence-electron chi connectivity index (χ0n) is 15.3. The molecule has 0 aromatic heterocycles. The number of hydrogen-bond acceptors (Lipinski definition) is 3. The summed E-state index contributed by atoms with van der Waals surface area (Å²) in [7, 11) is 1.67. The van der Waals surface area contributed by atoms with E-state index in [4.69, 9.17) is 0 Å². The van der Waals surface area contributed by atoms with Crippen LogP contribution in [0.4, 0.5) is 0 Å². The largest absolute Gasteiger partial charge is 0.352 e. The molecule has 2 amide bonds. The quantitative estimate of drug-likeness (QED) is 0.377. The van der Waals surface area contributed by atoms with Gasteiger partial charge >= 0.3 is 0 Å². The Morgan fingerprint density at radius 2 is 2.00 bits per heavy atom. The average Bonchev–Trinajstić information content (AvgIpc) is 3.20. The van der Waals surface area contributed by atoms with Gasteiger partial charge in [0.1, 0.15) is 0 Å². The molecule has 2 aliphatic rings. The third kappa shape index (κ3) is 5.22. The number of guanidine groups is 1. The minimum absolute atomic E-state index is 0. The van der Waals surface area contributed by atoms with E-state index in [2.05, 4.69) is 29.5 Å². The number of piperazine rings is 1. The molecule has 2 rings (SSSR count). The van der Waals surface area contributed by atoms with Crippen LogP contribution in [0.1, 0.15) is 40.5 Å². The van der Waals surface area contributed by atoms with Crippen molar-refractivity contribution >= 4 is 41.8 Å². The topological polar surface area (TPSA) is 77.0 Å². The summed E-state index contributed by atoms with van der Waals surface area (Å²) >= 11 is 0. The van der Waals surface area contributed by atoms with E-state index in [1.165, 1.54) is 0 Å². The highest BCUT2D eigenvalue weighted by Crippen LogP contribution is 2.24. The molecule has 24 heavy (non-hydrogen) atoms. The van der Waals surface area contributed by atoms with Crippen LogP contribution in [0.2, 0.25) is 0 Å². The Morgan fingerprint density at radius 3 is 2.46 bits per heavy atom. The lowest BCUT2D eigenvalue weighted by Gasteiger charge is -2.49. The Bertz CT molecular complexity index is 503. The lowest BCUT2D eigenvalue weighted by molar-refractivity contribution is -0.145. The molecule has 0 atom stereocenters. The van der Waals surface area contributed by atoms with Crippen molar-refractivity contribution in [1.82, 2.24) is 20.4 Å². The second-order valence-corrected chi connectivity index (χ2v) is 7.27. The predicted octanol–water partition coefficient (Wildman–Crippen LogP) is 0.790. The van der Waals surface area contributed by atoms with Crippen molar-refractivity contribution in [2.75, 3.05) is 26.7 Å². The maximum absolute atomic E-state index is 12.5. The molecule has 1 heterocycles. The second kappa shape index (κ2) is 8.35. The first kappa shape index (κ1) is 21.0. The predicted molar refractivity (Wildman–Crippen MR) is 106 cm³/mol. The average molecular weight is 451 g/mol. The third-order valence-electron chi connectivity index (χ3n) is 4.20. The highest BCUT2D eigenvalue weighted by Gasteiger charge is 2.40. The van der Waals surface area contributed by atoms with Gasteiger partial charge in [-0.05, 0) is 40.5 Å². The molecule has 7 nitrogen and oxygen atoms in total. The number of nitrogens with one attached hydrogen (secondary N) is 2. The van der Waals surface area contributed by atoms with Crippen molar-refractivity contribution < 1.29 is 9.59 Å². The minimum atomic E-state index is -0.280. The van der Waals surface area contributed by atoms with Crippen molar-refractivity contribution in [1.29, 1.82) is 0 Å². The zero-order chi connectivity index (χ0) is 17.2. The Labute approximate surface area is 161 Å². The van der Waals surface area contributed by atoms with Crippen molar-refractivity contribution in [3.63, 3.8) is 0 Å². The number of rotatable bonds is 4. The van der Waals surface area contributed by atoms with Gasteiger partial charge in [0.2, 0.25) is 11.8 Å². The molecule has 2 N–H and O–H groups in total. The molecular formula is C16H30IN5O2. The van der Waals surface area contributed by atoms with E-state index in [9.17, 15) is 9.59 Å². The van der Waals surface area contributed by atoms with Crippen LogP contribution < -0.4 is 10.6 Å². The van der Waals surface area contributed by atoms with Crippen molar-refractivity contribution in [2.24, 2.45) is 4.99 Å². The normalized spacial score (nSPS) is 20.8. The number of carbonyl (C=O) groups excluding carboxylic acids is 2. The third-order valence-corrected chi connectivity index (χ3v) is 4.20. The first-order valence-corrected chi connectivity index (χ1v) is 8.31. The minimum Gasteiger partial charge on any atom is -0.352 e. The summed E-state index contributed by atoms with van der Waals surface area (Å²) in [6, 6.07) is 0.514. The number of nitrogens with zero attached hydrogens (tertiary/aromatic N) is 3. The lowest BCUT2D eigenvalue weighted by atomic mass is 9.96. The van der Waals surface area contributed by atoms with Crippen molar-refractivity contribution in [2.45, 2.75) is 58.2 Å². The smallest absolute Gasteiger partial charge is 0.242 e. The molecule has 138 valence electrons. The summed E-state index contributed by atoms with van der Waals surface area (Å²) in [4.78, 5) is 32.4. The van der Waals surface area contributed by atoms with E-state index in [1.807, 2.05) is 23.6 Å². The molecule has 1 saturated heterocycles. The monoisotopic (exact) mass is 451 g/mol. The Hall–Kier alpha value is -1.06. The van der Waals surface area contributed by atoms with E-state index in [0.717, 1.165) is 12.8 Å². The molecular weight excluding hydrogens is 421 g/mol. The number of halogens is 1. The van der Waals surface area contributed by atoms with E-state index in [1.54, 1.807) is 7.05 Å². The summed E-state index contributed by atoms with van der Waals surface area (Å²) in [6.45, 7) is 9.33. The lowest BCUT2D eigenvalue weighted by Crippen LogP contribution is -2.66. The summed E-state index contributed by atoms with van der Waals surface area (Å²) in [5.74, 6) is 0.655. The van der Waals surface area contributed by atoms with Gasteiger partial charge in [0.25, 0.3) is 0 Å². The highest BCUT2D eigenvalue weighted by atomic mass is 127. The molecule has 0 aromatic rings. The van der Waals surface area contributed by atoms with Crippen LogP contribution in [0.5, 0.6) is 0 Å². The number of hydrogen-bond donors (Lipinski definition) is 2. The number of aliphatic imine (C=N–C) groups is 1.